The first kappa shape index (κ1) is 32.4. The number of ether oxygens (including phenoxy) is 1. The summed E-state index contributed by atoms with van der Waals surface area (Å²) in [5.41, 5.74) is 0.711. The summed E-state index contributed by atoms with van der Waals surface area (Å²) < 4.78 is 35.0. The van der Waals surface area contributed by atoms with E-state index < -0.39 is 17.5 Å². The maximum Gasteiger partial charge on any atom is 0.291 e. The lowest BCUT2D eigenvalue weighted by Gasteiger charge is -2.36. The molecule has 234 valence electrons. The predicted octanol–water partition coefficient (Wildman–Crippen LogP) is 2.87. The number of nitrogens with zero attached hydrogens (tertiary/aromatic N) is 4. The number of carboxylic acid groups (broad SMARTS) is 1. The van der Waals surface area contributed by atoms with Gasteiger partial charge in [-0.3, -0.25) is 19.2 Å². The molecule has 0 aliphatic carbocycles. The maximum absolute atomic E-state index is 14.6. The molecule has 3 aromatic rings. The third kappa shape index (κ3) is 6.81. The third-order valence-electron chi connectivity index (χ3n) is 7.48. The summed E-state index contributed by atoms with van der Waals surface area (Å²) in [5, 5.41) is 12.9. The lowest BCUT2D eigenvalue weighted by atomic mass is 10.1. The molecule has 1 aromatic heterocycles. The molecule has 1 unspecified atom stereocenters. The average Bonchev–Trinajstić information content (AvgIpc) is 3.69. The number of halogens is 3. The van der Waals surface area contributed by atoms with Crippen LogP contribution in [-0.4, -0.2) is 95.0 Å². The van der Waals surface area contributed by atoms with Gasteiger partial charge < -0.3 is 34.8 Å². The highest BCUT2D eigenvalue weighted by Crippen LogP contribution is 2.30. The van der Waals surface area contributed by atoms with Gasteiger partial charge in [-0.2, -0.15) is 4.39 Å². The van der Waals surface area contributed by atoms with Gasteiger partial charge in [0.15, 0.2) is 17.4 Å². The molecule has 2 aliphatic rings. The van der Waals surface area contributed by atoms with E-state index in [1.807, 2.05) is 4.90 Å². The Bertz CT molecular complexity index is 1550. The number of hydrogen-bond acceptors (Lipinski definition) is 7. The fourth-order valence-corrected chi connectivity index (χ4v) is 5.40. The van der Waals surface area contributed by atoms with Crippen LogP contribution in [0.15, 0.2) is 36.5 Å². The van der Waals surface area contributed by atoms with E-state index >= 15 is 0 Å². The Hall–Kier alpha value is -4.56. The van der Waals surface area contributed by atoms with E-state index in [4.69, 9.17) is 26.2 Å². The van der Waals surface area contributed by atoms with E-state index in [1.165, 1.54) is 49.2 Å². The number of rotatable bonds is 6. The number of piperazine rings is 1. The number of carbonyl (C=O) groups excluding carboxylic acids is 3. The molecule has 0 saturated carbocycles. The van der Waals surface area contributed by atoms with Crippen LogP contribution in [0.2, 0.25) is 5.02 Å². The highest BCUT2D eigenvalue weighted by molar-refractivity contribution is 6.34. The van der Waals surface area contributed by atoms with E-state index in [-0.39, 0.29) is 57.6 Å². The fraction of sp³-hybridized carbons (Fsp3) is 0.345. The van der Waals surface area contributed by atoms with Crippen molar-refractivity contribution in [1.82, 2.24) is 24.7 Å². The Morgan fingerprint density at radius 2 is 1.80 bits per heavy atom. The van der Waals surface area contributed by atoms with E-state index in [9.17, 15) is 23.2 Å². The molecule has 44 heavy (non-hydrogen) atoms. The Morgan fingerprint density at radius 3 is 2.41 bits per heavy atom. The second-order valence-electron chi connectivity index (χ2n) is 10.0. The summed E-state index contributed by atoms with van der Waals surface area (Å²) in [7, 11) is 2.74. The van der Waals surface area contributed by atoms with Crippen molar-refractivity contribution >= 4 is 41.5 Å². The van der Waals surface area contributed by atoms with Gasteiger partial charge in [0, 0.05) is 51.0 Å². The van der Waals surface area contributed by atoms with Crippen molar-refractivity contribution in [2.45, 2.75) is 6.42 Å². The summed E-state index contributed by atoms with van der Waals surface area (Å²) >= 11 is 6.43. The standard InChI is InChI=1S/C28H29ClF2N6O4.CH2O2/c1-35-21(19-5-6-22(41-2)24(31)23(19)30)15-33-25(35)26(38)34-17-3-4-18(20(29)13-17)28(40)37-11-9-36(10-12-37)27(39)16-7-8-32-14-16;2-1-3/h3-6,13,15-16,32H,7-12,14H2,1-2H3,(H,34,38);1H,(H,2,3). The van der Waals surface area contributed by atoms with Crippen LogP contribution in [0.25, 0.3) is 11.3 Å². The molecule has 0 radical (unpaired) electrons. The molecule has 0 bridgehead atoms. The quantitative estimate of drug-likeness (QED) is 0.352. The number of benzene rings is 2. The van der Waals surface area contributed by atoms with Gasteiger partial charge in [-0.25, -0.2) is 9.37 Å². The summed E-state index contributed by atoms with van der Waals surface area (Å²) in [5.74, 6) is -3.29. The number of amides is 3. The van der Waals surface area contributed by atoms with Gasteiger partial charge in [0.05, 0.1) is 35.5 Å². The van der Waals surface area contributed by atoms with E-state index in [0.717, 1.165) is 13.0 Å². The van der Waals surface area contributed by atoms with Crippen LogP contribution in [-0.2, 0) is 16.6 Å². The van der Waals surface area contributed by atoms with Crippen molar-refractivity contribution in [1.29, 1.82) is 0 Å². The molecule has 2 saturated heterocycles. The Morgan fingerprint density at radius 1 is 1.11 bits per heavy atom. The molecule has 12 nitrogen and oxygen atoms in total. The monoisotopic (exact) mass is 632 g/mol. The summed E-state index contributed by atoms with van der Waals surface area (Å²) in [4.78, 5) is 54.7. The van der Waals surface area contributed by atoms with Gasteiger partial charge >= 0.3 is 0 Å². The molecule has 0 spiro atoms. The van der Waals surface area contributed by atoms with Crippen molar-refractivity contribution in [2.75, 3.05) is 51.7 Å². The lowest BCUT2D eigenvalue weighted by Crippen LogP contribution is -2.52. The van der Waals surface area contributed by atoms with Gasteiger partial charge in [0.2, 0.25) is 11.7 Å². The van der Waals surface area contributed by atoms with E-state index in [2.05, 4.69) is 15.6 Å². The molecule has 2 aromatic carbocycles. The molecule has 1 atom stereocenters. The Kier molecular flexibility index (Phi) is 10.5. The van der Waals surface area contributed by atoms with E-state index in [1.54, 1.807) is 11.0 Å². The summed E-state index contributed by atoms with van der Waals surface area (Å²) in [6, 6.07) is 7.17. The Balaban J connectivity index is 0.00000141. The maximum atomic E-state index is 14.6. The van der Waals surface area contributed by atoms with E-state index in [0.29, 0.717) is 38.4 Å². The van der Waals surface area contributed by atoms with Crippen molar-refractivity contribution < 1.29 is 37.8 Å². The smallest absolute Gasteiger partial charge is 0.291 e. The SMILES string of the molecule is COc1ccc(-c2cnc(C(=O)Nc3ccc(C(=O)N4CCN(C(=O)C5CCNC5)CC4)c(Cl)c3)n2C)c(F)c1F.O=CO. The first-order valence-electron chi connectivity index (χ1n) is 13.6. The minimum absolute atomic E-state index is 0.00147. The number of hydrogen-bond donors (Lipinski definition) is 3. The fourth-order valence-electron chi connectivity index (χ4n) is 5.14. The molecule has 2 fully saturated rings. The van der Waals surface area contributed by atoms with Gasteiger partial charge in [-0.15, -0.1) is 0 Å². The molecular formula is C29H31ClF2N6O6. The number of methoxy groups -OCH3 is 1. The highest BCUT2D eigenvalue weighted by atomic mass is 35.5. The van der Waals surface area contributed by atoms with Crippen LogP contribution in [0, 0.1) is 17.6 Å². The molecule has 15 heteroatoms. The van der Waals surface area contributed by atoms with Gasteiger partial charge in [0.1, 0.15) is 0 Å². The molecule has 3 N–H and O–H groups in total. The van der Waals surface area contributed by atoms with Crippen molar-refractivity contribution in [3.63, 3.8) is 0 Å². The zero-order valence-electron chi connectivity index (χ0n) is 24.0. The van der Waals surface area contributed by atoms with Crippen molar-refractivity contribution in [2.24, 2.45) is 13.0 Å². The van der Waals surface area contributed by atoms with Crippen LogP contribution in [0.5, 0.6) is 5.75 Å². The average molecular weight is 633 g/mol. The van der Waals surface area contributed by atoms with Gasteiger partial charge in [-0.1, -0.05) is 11.6 Å². The minimum atomic E-state index is -1.14. The largest absolute Gasteiger partial charge is 0.494 e. The topological polar surface area (TPSA) is 146 Å². The normalized spacial score (nSPS) is 16.2. The number of imidazole rings is 1. The van der Waals surface area contributed by atoms with Crippen molar-refractivity contribution in [3.8, 4) is 17.0 Å². The van der Waals surface area contributed by atoms with Crippen molar-refractivity contribution in [3.05, 3.63) is 64.6 Å². The molecule has 3 amide bonds. The number of nitrogens with one attached hydrogen (secondary N) is 2. The van der Waals surface area contributed by atoms with Crippen LogP contribution in [0.1, 0.15) is 27.4 Å². The molecule has 3 heterocycles. The predicted molar refractivity (Wildman–Crippen MR) is 157 cm³/mol. The Labute approximate surface area is 256 Å². The minimum Gasteiger partial charge on any atom is -0.494 e. The molecular weight excluding hydrogens is 602 g/mol. The molecule has 2 aliphatic heterocycles. The summed E-state index contributed by atoms with van der Waals surface area (Å²) in [6.45, 7) is 3.02. The second kappa shape index (κ2) is 14.3. The third-order valence-corrected chi connectivity index (χ3v) is 7.79. The van der Waals surface area contributed by atoms with Crippen LogP contribution in [0.3, 0.4) is 0 Å². The first-order valence-corrected chi connectivity index (χ1v) is 14.0. The van der Waals surface area contributed by atoms with Crippen LogP contribution < -0.4 is 15.4 Å². The van der Waals surface area contributed by atoms with Gasteiger partial charge in [0.25, 0.3) is 18.3 Å². The van der Waals surface area contributed by atoms with Crippen LogP contribution >= 0.6 is 11.6 Å². The zero-order valence-corrected chi connectivity index (χ0v) is 24.7. The number of aromatic nitrogens is 2. The van der Waals surface area contributed by atoms with Crippen LogP contribution in [0.4, 0.5) is 14.5 Å². The lowest BCUT2D eigenvalue weighted by molar-refractivity contribution is -0.136. The van der Waals surface area contributed by atoms with Gasteiger partial charge in [-0.05, 0) is 43.3 Å². The second-order valence-corrected chi connectivity index (χ2v) is 10.4. The highest BCUT2D eigenvalue weighted by Gasteiger charge is 2.31. The zero-order chi connectivity index (χ0) is 32.0. The first-order chi connectivity index (χ1) is 21.1. The molecule has 5 rings (SSSR count). The summed E-state index contributed by atoms with van der Waals surface area (Å²) in [6.07, 6.45) is 2.10. The number of anilines is 1. The number of carbonyl (C=O) groups is 4.